The summed E-state index contributed by atoms with van der Waals surface area (Å²) < 4.78 is 0. The van der Waals surface area contributed by atoms with Crippen molar-refractivity contribution in [3.05, 3.63) is 60.2 Å². The molecule has 4 atom stereocenters. The van der Waals surface area contributed by atoms with Crippen LogP contribution in [0, 0.1) is 11.8 Å². The number of carboxylic acid groups (broad SMARTS) is 1. The number of carbonyl (C=O) groups excluding carboxylic acids is 3. The molecule has 0 fully saturated rings. The van der Waals surface area contributed by atoms with Gasteiger partial charge >= 0.3 is 5.97 Å². The maximum Gasteiger partial charge on any atom is 0.304 e. The molecule has 2 aromatic rings. The molecule has 0 aliphatic carbocycles. The molecule has 8 nitrogen and oxygen atoms in total. The van der Waals surface area contributed by atoms with Crippen molar-refractivity contribution < 1.29 is 24.3 Å². The van der Waals surface area contributed by atoms with Gasteiger partial charge in [-0.05, 0) is 22.6 Å². The molecule has 3 amide bonds. The van der Waals surface area contributed by atoms with Gasteiger partial charge < -0.3 is 21.5 Å². The summed E-state index contributed by atoms with van der Waals surface area (Å²) in [4.78, 5) is 48.6. The highest BCUT2D eigenvalue weighted by Crippen LogP contribution is 2.20. The van der Waals surface area contributed by atoms with Crippen LogP contribution in [0.1, 0.15) is 39.2 Å². The Balaban J connectivity index is 2.23. The molecule has 0 saturated heterocycles. The molecule has 2 aromatic carbocycles. The minimum atomic E-state index is -1.11. The minimum absolute atomic E-state index is 0.165. The second kappa shape index (κ2) is 12.5. The van der Waals surface area contributed by atoms with E-state index >= 15 is 0 Å². The second-order valence-electron chi connectivity index (χ2n) is 8.60. The van der Waals surface area contributed by atoms with Gasteiger partial charge in [-0.2, -0.15) is 0 Å². The Morgan fingerprint density at radius 2 is 1.47 bits per heavy atom. The zero-order valence-electron chi connectivity index (χ0n) is 19.8. The molecule has 34 heavy (non-hydrogen) atoms. The van der Waals surface area contributed by atoms with E-state index < -0.39 is 41.7 Å². The van der Waals surface area contributed by atoms with E-state index in [1.807, 2.05) is 61.5 Å². The number of carbonyl (C=O) groups is 4. The number of nitrogens with one attached hydrogen (secondary N) is 2. The van der Waals surface area contributed by atoms with Crippen molar-refractivity contribution in [3.8, 4) is 11.1 Å². The van der Waals surface area contributed by atoms with E-state index in [9.17, 15) is 19.2 Å². The number of primary amides is 1. The highest BCUT2D eigenvalue weighted by atomic mass is 16.4. The zero-order valence-corrected chi connectivity index (χ0v) is 19.8. The molecule has 0 aromatic heterocycles. The molecule has 0 saturated carbocycles. The van der Waals surface area contributed by atoms with Crippen molar-refractivity contribution in [1.82, 2.24) is 10.6 Å². The van der Waals surface area contributed by atoms with Crippen molar-refractivity contribution >= 4 is 23.7 Å². The van der Waals surface area contributed by atoms with Gasteiger partial charge in [0.25, 0.3) is 0 Å². The molecule has 182 valence electrons. The number of rotatable bonds is 12. The van der Waals surface area contributed by atoms with Crippen LogP contribution in [0.5, 0.6) is 0 Å². The molecule has 0 bridgehead atoms. The lowest BCUT2D eigenvalue weighted by Gasteiger charge is -2.26. The van der Waals surface area contributed by atoms with Crippen molar-refractivity contribution in [2.45, 2.75) is 52.1 Å². The van der Waals surface area contributed by atoms with E-state index in [0.717, 1.165) is 16.7 Å². The summed E-state index contributed by atoms with van der Waals surface area (Å²) in [7, 11) is 0. The third-order valence-electron chi connectivity index (χ3n) is 5.88. The lowest BCUT2D eigenvalue weighted by atomic mass is 9.96. The number of hydrogen-bond donors (Lipinski definition) is 4. The summed E-state index contributed by atoms with van der Waals surface area (Å²) in [6, 6.07) is 15.5. The molecule has 0 radical (unpaired) electrons. The molecular formula is C26H33N3O5. The van der Waals surface area contributed by atoms with E-state index in [-0.39, 0.29) is 18.8 Å². The van der Waals surface area contributed by atoms with Gasteiger partial charge in [-0.3, -0.25) is 19.2 Å². The third-order valence-corrected chi connectivity index (χ3v) is 5.88. The van der Waals surface area contributed by atoms with Gasteiger partial charge in [0, 0.05) is 12.3 Å². The summed E-state index contributed by atoms with van der Waals surface area (Å²) in [5.74, 6) is -3.87. The van der Waals surface area contributed by atoms with Crippen LogP contribution in [0.25, 0.3) is 11.1 Å². The quantitative estimate of drug-likeness (QED) is 0.380. The predicted molar refractivity (Wildman–Crippen MR) is 130 cm³/mol. The van der Waals surface area contributed by atoms with Crippen LogP contribution in [0.3, 0.4) is 0 Å². The standard InChI is InChI=1S/C26H33N3O5/c1-4-16(2)23(24(27)32)29-26(34)21(28-25(33)17(3)14-22(30)31)15-18-10-12-20(13-11-18)19-8-6-5-7-9-19/h5-13,16-17,21,23H,4,14-15H2,1-3H3,(H2,27,32)(H,28,33)(H,29,34)(H,30,31)/t16?,17-,21+,23+/m1/s1. The van der Waals surface area contributed by atoms with Crippen LogP contribution >= 0.6 is 0 Å². The van der Waals surface area contributed by atoms with Crippen molar-refractivity contribution in [2.75, 3.05) is 0 Å². The topological polar surface area (TPSA) is 139 Å². The van der Waals surface area contributed by atoms with Gasteiger partial charge in [0.15, 0.2) is 0 Å². The first-order chi connectivity index (χ1) is 16.1. The van der Waals surface area contributed by atoms with Gasteiger partial charge in [0.1, 0.15) is 12.1 Å². The number of amides is 3. The number of hydrogen-bond acceptors (Lipinski definition) is 4. The van der Waals surface area contributed by atoms with Gasteiger partial charge in [0.2, 0.25) is 17.7 Å². The summed E-state index contributed by atoms with van der Waals surface area (Å²) in [5, 5.41) is 14.3. The smallest absolute Gasteiger partial charge is 0.304 e. The Kier molecular flexibility index (Phi) is 9.79. The fourth-order valence-corrected chi connectivity index (χ4v) is 3.56. The Hall–Kier alpha value is -3.68. The SMILES string of the molecule is CCC(C)[C@H](NC(=O)[C@H](Cc1ccc(-c2ccccc2)cc1)NC(=O)[C@H](C)CC(=O)O)C(N)=O. The second-order valence-corrected chi connectivity index (χ2v) is 8.60. The predicted octanol–water partition coefficient (Wildman–Crippen LogP) is 2.51. The van der Waals surface area contributed by atoms with E-state index in [0.29, 0.717) is 6.42 Å². The summed E-state index contributed by atoms with van der Waals surface area (Å²) in [6.45, 7) is 5.17. The zero-order chi connectivity index (χ0) is 25.3. The maximum absolute atomic E-state index is 13.1. The molecule has 0 aliphatic heterocycles. The van der Waals surface area contributed by atoms with E-state index in [1.54, 1.807) is 6.92 Å². The molecular weight excluding hydrogens is 434 g/mol. The van der Waals surface area contributed by atoms with Crippen LogP contribution in [0.15, 0.2) is 54.6 Å². The van der Waals surface area contributed by atoms with E-state index in [1.165, 1.54) is 6.92 Å². The van der Waals surface area contributed by atoms with Crippen LogP contribution in [0.2, 0.25) is 0 Å². The van der Waals surface area contributed by atoms with Crippen LogP contribution in [0.4, 0.5) is 0 Å². The minimum Gasteiger partial charge on any atom is -0.481 e. The van der Waals surface area contributed by atoms with E-state index in [2.05, 4.69) is 10.6 Å². The van der Waals surface area contributed by atoms with Gasteiger partial charge in [-0.15, -0.1) is 0 Å². The Morgan fingerprint density at radius 1 is 0.882 bits per heavy atom. The Labute approximate surface area is 199 Å². The first-order valence-corrected chi connectivity index (χ1v) is 11.4. The fraction of sp³-hybridized carbons (Fsp3) is 0.385. The van der Waals surface area contributed by atoms with Crippen molar-refractivity contribution in [3.63, 3.8) is 0 Å². The summed E-state index contributed by atoms with van der Waals surface area (Å²) in [6.07, 6.45) is 0.433. The Morgan fingerprint density at radius 3 is 2.00 bits per heavy atom. The normalized spacial score (nSPS) is 14.3. The molecule has 2 rings (SSSR count). The maximum atomic E-state index is 13.1. The third kappa shape index (κ3) is 7.72. The number of carboxylic acids is 1. The average molecular weight is 468 g/mol. The number of nitrogens with two attached hydrogens (primary N) is 1. The lowest BCUT2D eigenvalue weighted by molar-refractivity contribution is -0.141. The van der Waals surface area contributed by atoms with Gasteiger partial charge in [-0.1, -0.05) is 81.8 Å². The molecule has 8 heteroatoms. The number of aliphatic carboxylic acids is 1. The first kappa shape index (κ1) is 26.6. The lowest BCUT2D eigenvalue weighted by Crippen LogP contribution is -2.56. The van der Waals surface area contributed by atoms with Crippen LogP contribution in [-0.2, 0) is 25.6 Å². The average Bonchev–Trinajstić information content (AvgIpc) is 2.81. The number of benzene rings is 2. The highest BCUT2D eigenvalue weighted by molar-refractivity contribution is 5.93. The molecule has 0 heterocycles. The first-order valence-electron chi connectivity index (χ1n) is 11.4. The van der Waals surface area contributed by atoms with Crippen LogP contribution < -0.4 is 16.4 Å². The highest BCUT2D eigenvalue weighted by Gasteiger charge is 2.30. The van der Waals surface area contributed by atoms with Gasteiger partial charge in [-0.25, -0.2) is 0 Å². The molecule has 1 unspecified atom stereocenters. The molecule has 5 N–H and O–H groups in total. The largest absolute Gasteiger partial charge is 0.481 e. The summed E-state index contributed by atoms with van der Waals surface area (Å²) in [5.41, 5.74) is 8.34. The van der Waals surface area contributed by atoms with Gasteiger partial charge in [0.05, 0.1) is 6.42 Å². The van der Waals surface area contributed by atoms with Crippen LogP contribution in [-0.4, -0.2) is 40.9 Å². The summed E-state index contributed by atoms with van der Waals surface area (Å²) >= 11 is 0. The monoisotopic (exact) mass is 467 g/mol. The van der Waals surface area contributed by atoms with Crippen molar-refractivity contribution in [1.29, 1.82) is 0 Å². The molecule has 0 aliphatic rings. The molecule has 0 spiro atoms. The van der Waals surface area contributed by atoms with Crippen molar-refractivity contribution in [2.24, 2.45) is 17.6 Å². The van der Waals surface area contributed by atoms with E-state index in [4.69, 9.17) is 10.8 Å². The fourth-order valence-electron chi connectivity index (χ4n) is 3.56. The Bertz CT molecular complexity index is 991.